The Morgan fingerprint density at radius 1 is 1.15 bits per heavy atom. The largest absolute Gasteiger partial charge is 0.305 e. The molecular formula is C16H16N3O+. The molecule has 2 aromatic heterocycles. The number of nitrogens with one attached hydrogen (secondary N) is 1. The summed E-state index contributed by atoms with van der Waals surface area (Å²) in [6.45, 7) is 4.70. The predicted molar refractivity (Wildman–Crippen MR) is 77.6 cm³/mol. The molecule has 20 heavy (non-hydrogen) atoms. The number of pyridine rings is 1. The van der Waals surface area contributed by atoms with Crippen LogP contribution in [0, 0.1) is 13.8 Å². The molecule has 0 aliphatic rings. The number of aryl methyl sites for hydroxylation is 1. The van der Waals surface area contributed by atoms with Crippen molar-refractivity contribution < 1.29 is 4.57 Å². The number of aromatic nitrogens is 3. The molecule has 0 spiro atoms. The van der Waals surface area contributed by atoms with Gasteiger partial charge in [0.15, 0.2) is 17.7 Å². The van der Waals surface area contributed by atoms with Gasteiger partial charge in [-0.15, -0.1) is 0 Å². The molecule has 0 fully saturated rings. The number of hydrogen-bond donors (Lipinski definition) is 1. The highest BCUT2D eigenvalue weighted by molar-refractivity contribution is 5.77. The van der Waals surface area contributed by atoms with Gasteiger partial charge in [0.05, 0.1) is 10.9 Å². The van der Waals surface area contributed by atoms with Gasteiger partial charge < -0.3 is 4.98 Å². The second-order valence-corrected chi connectivity index (χ2v) is 4.93. The third kappa shape index (κ3) is 2.20. The average molecular weight is 266 g/mol. The average Bonchev–Trinajstić information content (AvgIpc) is 2.44. The molecule has 0 unspecified atom stereocenters. The van der Waals surface area contributed by atoms with E-state index in [1.807, 2.05) is 30.5 Å². The molecule has 0 saturated carbocycles. The van der Waals surface area contributed by atoms with E-state index >= 15 is 0 Å². The first-order chi connectivity index (χ1) is 9.65. The molecule has 1 N–H and O–H groups in total. The molecule has 0 saturated heterocycles. The number of rotatable bonds is 2. The van der Waals surface area contributed by atoms with Crippen molar-refractivity contribution in [1.29, 1.82) is 0 Å². The third-order valence-corrected chi connectivity index (χ3v) is 3.60. The monoisotopic (exact) mass is 266 g/mol. The number of para-hydroxylation sites is 1. The van der Waals surface area contributed by atoms with Crippen molar-refractivity contribution in [2.45, 2.75) is 20.4 Å². The number of fused-ring (bicyclic) bond motifs is 1. The molecule has 0 aliphatic heterocycles. The zero-order valence-corrected chi connectivity index (χ0v) is 11.6. The minimum Gasteiger partial charge on any atom is -0.305 e. The number of nitrogens with zero attached hydrogens (tertiary/aromatic N) is 2. The zero-order chi connectivity index (χ0) is 14.1. The van der Waals surface area contributed by atoms with Gasteiger partial charge in [-0.2, -0.15) is 4.57 Å². The highest BCUT2D eigenvalue weighted by atomic mass is 16.1. The maximum atomic E-state index is 12.0. The maximum absolute atomic E-state index is 12.0. The van der Waals surface area contributed by atoms with Gasteiger partial charge in [0, 0.05) is 18.6 Å². The molecule has 1 aromatic carbocycles. The van der Waals surface area contributed by atoms with Gasteiger partial charge in [-0.05, 0) is 25.1 Å². The van der Waals surface area contributed by atoms with Crippen LogP contribution >= 0.6 is 0 Å². The highest BCUT2D eigenvalue weighted by Crippen LogP contribution is 2.06. The zero-order valence-electron chi connectivity index (χ0n) is 11.6. The van der Waals surface area contributed by atoms with Crippen molar-refractivity contribution in [1.82, 2.24) is 9.97 Å². The molecule has 3 aromatic rings. The Kier molecular flexibility index (Phi) is 3.06. The van der Waals surface area contributed by atoms with Crippen molar-refractivity contribution in [2.24, 2.45) is 0 Å². The SMILES string of the molecule is Cc1ccc[n+](Cc2nc3ccccc3c(=O)[nH]2)c1C. The first kappa shape index (κ1) is 12.5. The van der Waals surface area contributed by atoms with Crippen LogP contribution in [0.5, 0.6) is 0 Å². The molecule has 100 valence electrons. The van der Waals surface area contributed by atoms with Crippen LogP contribution in [-0.2, 0) is 6.54 Å². The Balaban J connectivity index is 2.07. The van der Waals surface area contributed by atoms with E-state index in [1.165, 1.54) is 11.3 Å². The van der Waals surface area contributed by atoms with Crippen LogP contribution in [0.4, 0.5) is 0 Å². The maximum Gasteiger partial charge on any atom is 0.258 e. The number of H-pyrrole nitrogens is 1. The molecule has 0 bridgehead atoms. The lowest BCUT2D eigenvalue weighted by molar-refractivity contribution is -0.695. The fraction of sp³-hybridized carbons (Fsp3) is 0.188. The third-order valence-electron chi connectivity index (χ3n) is 3.60. The normalized spacial score (nSPS) is 10.9. The first-order valence-electron chi connectivity index (χ1n) is 6.59. The minimum atomic E-state index is -0.0866. The van der Waals surface area contributed by atoms with E-state index < -0.39 is 0 Å². The van der Waals surface area contributed by atoms with Crippen LogP contribution in [0.3, 0.4) is 0 Å². The van der Waals surface area contributed by atoms with Crippen molar-refractivity contribution in [2.75, 3.05) is 0 Å². The van der Waals surface area contributed by atoms with E-state index in [1.54, 1.807) is 6.07 Å². The fourth-order valence-electron chi connectivity index (χ4n) is 2.29. The second kappa shape index (κ2) is 4.89. The molecule has 0 amide bonds. The summed E-state index contributed by atoms with van der Waals surface area (Å²) in [7, 11) is 0. The first-order valence-corrected chi connectivity index (χ1v) is 6.59. The molecular weight excluding hydrogens is 250 g/mol. The predicted octanol–water partition coefficient (Wildman–Crippen LogP) is 1.88. The Bertz CT molecular complexity index is 836. The summed E-state index contributed by atoms with van der Waals surface area (Å²) in [6, 6.07) is 11.5. The number of aromatic amines is 1. The van der Waals surface area contributed by atoms with Crippen molar-refractivity contribution in [3.63, 3.8) is 0 Å². The van der Waals surface area contributed by atoms with Crippen LogP contribution in [-0.4, -0.2) is 9.97 Å². The van der Waals surface area contributed by atoms with E-state index in [4.69, 9.17) is 0 Å². The lowest BCUT2D eigenvalue weighted by Crippen LogP contribution is -2.39. The van der Waals surface area contributed by atoms with Crippen molar-refractivity contribution in [3.05, 3.63) is 70.0 Å². The Hall–Kier alpha value is -2.49. The number of hydrogen-bond acceptors (Lipinski definition) is 2. The summed E-state index contributed by atoms with van der Waals surface area (Å²) in [4.78, 5) is 19.4. The number of benzene rings is 1. The molecule has 2 heterocycles. The summed E-state index contributed by atoms with van der Waals surface area (Å²) in [5.74, 6) is 0.674. The Morgan fingerprint density at radius 2 is 1.95 bits per heavy atom. The molecule has 4 nitrogen and oxygen atoms in total. The van der Waals surface area contributed by atoms with Gasteiger partial charge in [-0.1, -0.05) is 12.1 Å². The fourth-order valence-corrected chi connectivity index (χ4v) is 2.29. The lowest BCUT2D eigenvalue weighted by atomic mass is 10.2. The second-order valence-electron chi connectivity index (χ2n) is 4.93. The molecule has 4 heteroatoms. The van der Waals surface area contributed by atoms with Crippen LogP contribution < -0.4 is 10.1 Å². The van der Waals surface area contributed by atoms with Crippen LogP contribution in [0.25, 0.3) is 10.9 Å². The van der Waals surface area contributed by atoms with E-state index in [-0.39, 0.29) is 5.56 Å². The molecule has 0 atom stereocenters. The van der Waals surface area contributed by atoms with Crippen LogP contribution in [0.15, 0.2) is 47.4 Å². The van der Waals surface area contributed by atoms with Gasteiger partial charge in [-0.3, -0.25) is 4.79 Å². The highest BCUT2D eigenvalue weighted by Gasteiger charge is 2.12. The standard InChI is InChI=1S/C16H15N3O/c1-11-6-5-9-19(12(11)2)10-15-17-14-8-4-3-7-13(14)16(20)18-15/h3-9H,10H2,1-2H3/p+1. The summed E-state index contributed by atoms with van der Waals surface area (Å²) >= 11 is 0. The van der Waals surface area contributed by atoms with Gasteiger partial charge >= 0.3 is 0 Å². The Labute approximate surface area is 116 Å². The summed E-state index contributed by atoms with van der Waals surface area (Å²) < 4.78 is 2.09. The van der Waals surface area contributed by atoms with Crippen molar-refractivity contribution in [3.8, 4) is 0 Å². The summed E-state index contributed by atoms with van der Waals surface area (Å²) in [5, 5.41) is 0.627. The minimum absolute atomic E-state index is 0.0866. The topological polar surface area (TPSA) is 49.6 Å². The van der Waals surface area contributed by atoms with Crippen LogP contribution in [0.1, 0.15) is 17.1 Å². The van der Waals surface area contributed by atoms with Crippen LogP contribution in [0.2, 0.25) is 0 Å². The lowest BCUT2D eigenvalue weighted by Gasteiger charge is -2.03. The van der Waals surface area contributed by atoms with E-state index in [2.05, 4.69) is 34.4 Å². The molecule has 0 radical (unpaired) electrons. The van der Waals surface area contributed by atoms with Gasteiger partial charge in [0.25, 0.3) is 5.56 Å². The van der Waals surface area contributed by atoms with E-state index in [0.29, 0.717) is 17.8 Å². The van der Waals surface area contributed by atoms with Gasteiger partial charge in [-0.25, -0.2) is 4.98 Å². The molecule has 0 aliphatic carbocycles. The van der Waals surface area contributed by atoms with Crippen molar-refractivity contribution >= 4 is 10.9 Å². The molecule has 3 rings (SSSR count). The smallest absolute Gasteiger partial charge is 0.258 e. The summed E-state index contributed by atoms with van der Waals surface area (Å²) in [5.41, 5.74) is 3.03. The summed E-state index contributed by atoms with van der Waals surface area (Å²) in [6.07, 6.45) is 2.00. The van der Waals surface area contributed by atoms with E-state index in [0.717, 1.165) is 5.52 Å². The van der Waals surface area contributed by atoms with E-state index in [9.17, 15) is 4.79 Å². The van der Waals surface area contributed by atoms with Gasteiger partial charge in [0.1, 0.15) is 0 Å². The Morgan fingerprint density at radius 3 is 2.80 bits per heavy atom. The van der Waals surface area contributed by atoms with Gasteiger partial charge in [0.2, 0.25) is 6.54 Å². The quantitative estimate of drug-likeness (QED) is 0.720.